The number of amides is 1. The first kappa shape index (κ1) is 13.5. The smallest absolute Gasteiger partial charge is 0.291 e. The van der Waals surface area contributed by atoms with Crippen LogP contribution in [-0.2, 0) is 6.42 Å². The molecule has 2 aliphatic rings. The molecule has 1 amide bonds. The molecule has 22 heavy (non-hydrogen) atoms. The van der Waals surface area contributed by atoms with Crippen molar-refractivity contribution in [2.45, 2.75) is 38.6 Å². The zero-order valence-electron chi connectivity index (χ0n) is 12.7. The number of hydrogen-bond donors (Lipinski definition) is 0. The summed E-state index contributed by atoms with van der Waals surface area (Å²) in [5, 5.41) is 4.27. The molecule has 1 unspecified atom stereocenters. The van der Waals surface area contributed by atoms with Crippen LogP contribution < -0.4 is 0 Å². The number of aryl methyl sites for hydroxylation is 1. The van der Waals surface area contributed by atoms with Gasteiger partial charge in [0.2, 0.25) is 5.76 Å². The van der Waals surface area contributed by atoms with Gasteiger partial charge in [-0.15, -0.1) is 0 Å². The zero-order valence-corrected chi connectivity index (χ0v) is 12.7. The molecule has 1 atom stereocenters. The quantitative estimate of drug-likeness (QED) is 0.868. The zero-order chi connectivity index (χ0) is 15.1. The predicted molar refractivity (Wildman–Crippen MR) is 79.5 cm³/mol. The Morgan fingerprint density at radius 3 is 3.00 bits per heavy atom. The lowest BCUT2D eigenvalue weighted by atomic mass is 10.3. The van der Waals surface area contributed by atoms with Crippen LogP contribution in [0.1, 0.15) is 47.4 Å². The summed E-state index contributed by atoms with van der Waals surface area (Å²) in [4.78, 5) is 18.9. The van der Waals surface area contributed by atoms with Gasteiger partial charge in [-0.2, -0.15) is 5.10 Å². The molecule has 1 aliphatic heterocycles. The average Bonchev–Trinajstić information content (AvgIpc) is 2.97. The fraction of sp³-hybridized carbons (Fsp3) is 0.562. The first-order chi connectivity index (χ1) is 10.7. The molecule has 2 fully saturated rings. The van der Waals surface area contributed by atoms with Gasteiger partial charge in [0.15, 0.2) is 5.89 Å². The first-order valence-corrected chi connectivity index (χ1v) is 7.95. The molecule has 0 radical (unpaired) electrons. The predicted octanol–water partition coefficient (Wildman–Crippen LogP) is 2.22. The van der Waals surface area contributed by atoms with Crippen molar-refractivity contribution in [2.24, 2.45) is 5.92 Å². The molecule has 0 spiro atoms. The van der Waals surface area contributed by atoms with E-state index < -0.39 is 0 Å². The second kappa shape index (κ2) is 5.26. The number of oxazole rings is 1. The fourth-order valence-electron chi connectivity index (χ4n) is 3.09. The molecule has 4 rings (SSSR count). The van der Waals surface area contributed by atoms with E-state index in [9.17, 15) is 4.79 Å². The Bertz CT molecular complexity index is 672. The van der Waals surface area contributed by atoms with Crippen LogP contribution in [0.3, 0.4) is 0 Å². The van der Waals surface area contributed by atoms with Gasteiger partial charge in [0, 0.05) is 31.9 Å². The van der Waals surface area contributed by atoms with Gasteiger partial charge in [-0.05, 0) is 38.2 Å². The van der Waals surface area contributed by atoms with Crippen molar-refractivity contribution >= 4 is 5.91 Å². The highest BCUT2D eigenvalue weighted by molar-refractivity contribution is 5.92. The summed E-state index contributed by atoms with van der Waals surface area (Å²) in [7, 11) is 0. The van der Waals surface area contributed by atoms with Crippen LogP contribution in [0.25, 0.3) is 0 Å². The van der Waals surface area contributed by atoms with E-state index in [-0.39, 0.29) is 11.9 Å². The molecule has 6 nitrogen and oxygen atoms in total. The van der Waals surface area contributed by atoms with Crippen molar-refractivity contribution in [3.8, 4) is 0 Å². The third-order valence-corrected chi connectivity index (χ3v) is 4.54. The Labute approximate surface area is 129 Å². The van der Waals surface area contributed by atoms with Crippen LogP contribution in [0.4, 0.5) is 0 Å². The molecule has 0 bridgehead atoms. The van der Waals surface area contributed by atoms with Crippen molar-refractivity contribution in [2.75, 3.05) is 13.1 Å². The van der Waals surface area contributed by atoms with Gasteiger partial charge in [0.1, 0.15) is 0 Å². The summed E-state index contributed by atoms with van der Waals surface area (Å²) in [6, 6.07) is 2.17. The van der Waals surface area contributed by atoms with Crippen molar-refractivity contribution in [1.82, 2.24) is 19.7 Å². The Morgan fingerprint density at radius 1 is 1.41 bits per heavy atom. The number of aromatic nitrogens is 3. The summed E-state index contributed by atoms with van der Waals surface area (Å²) < 4.78 is 7.67. The highest BCUT2D eigenvalue weighted by atomic mass is 16.4. The van der Waals surface area contributed by atoms with E-state index in [1.54, 1.807) is 6.20 Å². The minimum absolute atomic E-state index is 0.0401. The molecule has 2 aromatic rings. The van der Waals surface area contributed by atoms with Crippen LogP contribution in [0, 0.1) is 12.8 Å². The van der Waals surface area contributed by atoms with Crippen LogP contribution in [0.5, 0.6) is 0 Å². The molecular formula is C16H20N4O2. The molecule has 1 saturated heterocycles. The summed E-state index contributed by atoms with van der Waals surface area (Å²) in [5.41, 5.74) is 0.711. The van der Waals surface area contributed by atoms with Gasteiger partial charge in [-0.25, -0.2) is 4.98 Å². The van der Waals surface area contributed by atoms with E-state index in [1.807, 2.05) is 28.8 Å². The topological polar surface area (TPSA) is 64.2 Å². The van der Waals surface area contributed by atoms with E-state index in [0.717, 1.165) is 19.4 Å². The Balaban J connectivity index is 1.46. The van der Waals surface area contributed by atoms with Crippen LogP contribution in [-0.4, -0.2) is 38.7 Å². The van der Waals surface area contributed by atoms with Crippen LogP contribution in [0.2, 0.25) is 0 Å². The van der Waals surface area contributed by atoms with Crippen LogP contribution >= 0.6 is 0 Å². The molecule has 2 aromatic heterocycles. The lowest BCUT2D eigenvalue weighted by molar-refractivity contribution is 0.0752. The molecule has 6 heteroatoms. The molecule has 0 aromatic carbocycles. The monoisotopic (exact) mass is 300 g/mol. The fourth-order valence-corrected chi connectivity index (χ4v) is 3.09. The third-order valence-electron chi connectivity index (χ3n) is 4.54. The van der Waals surface area contributed by atoms with E-state index in [1.165, 1.54) is 12.8 Å². The van der Waals surface area contributed by atoms with Crippen molar-refractivity contribution in [3.05, 3.63) is 35.8 Å². The maximum Gasteiger partial charge on any atom is 0.291 e. The number of carbonyl (C=O) groups excluding carboxylic acids is 1. The minimum atomic E-state index is -0.0401. The minimum Gasteiger partial charge on any atom is -0.435 e. The lowest BCUT2D eigenvalue weighted by Crippen LogP contribution is -2.29. The number of nitrogens with zero attached hydrogens (tertiary/aromatic N) is 4. The van der Waals surface area contributed by atoms with Gasteiger partial charge in [0.25, 0.3) is 5.91 Å². The molecular weight excluding hydrogens is 280 g/mol. The summed E-state index contributed by atoms with van der Waals surface area (Å²) in [6.45, 7) is 3.27. The highest BCUT2D eigenvalue weighted by Gasteiger charge is 2.32. The number of carbonyl (C=O) groups is 1. The van der Waals surface area contributed by atoms with E-state index >= 15 is 0 Å². The highest BCUT2D eigenvalue weighted by Crippen LogP contribution is 2.33. The second-order valence-electron chi connectivity index (χ2n) is 6.35. The standard InChI is InChI=1S/C16H20N4O2/c1-11-15(22-14(18-11)9-12-3-4-12)16(21)19-8-5-13(10-19)20-7-2-6-17-20/h2,6-7,12-13H,3-5,8-10H2,1H3. The molecule has 1 saturated carbocycles. The normalized spacial score (nSPS) is 21.5. The van der Waals surface area contributed by atoms with Gasteiger partial charge < -0.3 is 9.32 Å². The second-order valence-corrected chi connectivity index (χ2v) is 6.35. The maximum atomic E-state index is 12.7. The molecule has 3 heterocycles. The SMILES string of the molecule is Cc1nc(CC2CC2)oc1C(=O)N1CCC(n2cccn2)C1. The lowest BCUT2D eigenvalue weighted by Gasteiger charge is -2.15. The maximum absolute atomic E-state index is 12.7. The van der Waals surface area contributed by atoms with Crippen LogP contribution in [0.15, 0.2) is 22.9 Å². The van der Waals surface area contributed by atoms with Gasteiger partial charge in [-0.1, -0.05) is 0 Å². The summed E-state index contributed by atoms with van der Waals surface area (Å²) in [6.07, 6.45) is 8.02. The summed E-state index contributed by atoms with van der Waals surface area (Å²) >= 11 is 0. The summed E-state index contributed by atoms with van der Waals surface area (Å²) in [5.74, 6) is 1.79. The first-order valence-electron chi connectivity index (χ1n) is 7.95. The van der Waals surface area contributed by atoms with Crippen molar-refractivity contribution in [3.63, 3.8) is 0 Å². The largest absolute Gasteiger partial charge is 0.435 e. The van der Waals surface area contributed by atoms with E-state index in [4.69, 9.17) is 4.42 Å². The number of likely N-dealkylation sites (tertiary alicyclic amines) is 1. The van der Waals surface area contributed by atoms with Crippen molar-refractivity contribution in [1.29, 1.82) is 0 Å². The van der Waals surface area contributed by atoms with E-state index in [0.29, 0.717) is 29.8 Å². The average molecular weight is 300 g/mol. The molecule has 0 N–H and O–H groups in total. The van der Waals surface area contributed by atoms with E-state index in [2.05, 4.69) is 10.1 Å². The Hall–Kier alpha value is -2.11. The Kier molecular flexibility index (Phi) is 3.24. The van der Waals surface area contributed by atoms with Gasteiger partial charge in [0.05, 0.1) is 11.7 Å². The third kappa shape index (κ3) is 2.53. The van der Waals surface area contributed by atoms with Crippen molar-refractivity contribution < 1.29 is 9.21 Å². The molecule has 116 valence electrons. The van der Waals surface area contributed by atoms with Gasteiger partial charge >= 0.3 is 0 Å². The molecule has 1 aliphatic carbocycles. The Morgan fingerprint density at radius 2 is 2.27 bits per heavy atom. The van der Waals surface area contributed by atoms with Gasteiger partial charge in [-0.3, -0.25) is 9.48 Å². The number of rotatable bonds is 4. The number of hydrogen-bond acceptors (Lipinski definition) is 4.